The van der Waals surface area contributed by atoms with Crippen molar-refractivity contribution in [2.24, 2.45) is 5.92 Å². The van der Waals surface area contributed by atoms with E-state index in [1.54, 1.807) is 0 Å². The van der Waals surface area contributed by atoms with Gasteiger partial charge in [-0.05, 0) is 48.8 Å². The van der Waals surface area contributed by atoms with E-state index in [2.05, 4.69) is 52.6 Å². The first-order valence-electron chi connectivity index (χ1n) is 5.83. The third-order valence-corrected chi connectivity index (χ3v) is 4.40. The summed E-state index contributed by atoms with van der Waals surface area (Å²) < 4.78 is 2.15. The summed E-state index contributed by atoms with van der Waals surface area (Å²) in [5.41, 5.74) is 3.61. The zero-order valence-electron chi connectivity index (χ0n) is 9.52. The van der Waals surface area contributed by atoms with Crippen LogP contribution in [0.1, 0.15) is 17.7 Å². The van der Waals surface area contributed by atoms with Gasteiger partial charge in [0.05, 0.1) is 5.69 Å². The van der Waals surface area contributed by atoms with E-state index in [1.807, 2.05) is 0 Å². The summed E-state index contributed by atoms with van der Waals surface area (Å²) in [6, 6.07) is 4.22. The summed E-state index contributed by atoms with van der Waals surface area (Å²) >= 11 is 2.08. The van der Waals surface area contributed by atoms with Crippen LogP contribution in [0.2, 0.25) is 0 Å². The summed E-state index contributed by atoms with van der Waals surface area (Å²) in [5.74, 6) is 3.49. The maximum atomic E-state index is 4.67. The molecule has 16 heavy (non-hydrogen) atoms. The highest BCUT2D eigenvalue weighted by molar-refractivity contribution is 7.99. The Kier molecular flexibility index (Phi) is 2.64. The minimum absolute atomic E-state index is 0.844. The van der Waals surface area contributed by atoms with E-state index in [1.165, 1.54) is 29.2 Å². The average Bonchev–Trinajstić information content (AvgIpc) is 2.86. The molecule has 0 bridgehead atoms. The molecule has 1 aliphatic rings. The van der Waals surface area contributed by atoms with Gasteiger partial charge in [-0.25, -0.2) is 4.98 Å². The van der Waals surface area contributed by atoms with E-state index < -0.39 is 0 Å². The Hall–Kier alpha value is -0.960. The van der Waals surface area contributed by atoms with Crippen molar-refractivity contribution < 1.29 is 0 Å². The molecule has 3 heterocycles. The zero-order valence-corrected chi connectivity index (χ0v) is 10.3. The van der Waals surface area contributed by atoms with Crippen LogP contribution in [0.15, 0.2) is 24.5 Å². The van der Waals surface area contributed by atoms with Crippen molar-refractivity contribution in [2.45, 2.75) is 19.8 Å². The largest absolute Gasteiger partial charge is 0.307 e. The van der Waals surface area contributed by atoms with Crippen molar-refractivity contribution in [2.75, 3.05) is 11.5 Å². The van der Waals surface area contributed by atoms with Crippen LogP contribution in [0.4, 0.5) is 0 Å². The van der Waals surface area contributed by atoms with E-state index in [4.69, 9.17) is 0 Å². The number of nitrogens with zero attached hydrogens (tertiary/aromatic N) is 2. The van der Waals surface area contributed by atoms with Crippen LogP contribution < -0.4 is 0 Å². The topological polar surface area (TPSA) is 17.3 Å². The summed E-state index contributed by atoms with van der Waals surface area (Å²) in [5, 5.41) is 0. The Balaban J connectivity index is 1.86. The van der Waals surface area contributed by atoms with E-state index in [0.717, 1.165) is 18.0 Å². The fourth-order valence-corrected chi connectivity index (χ4v) is 3.58. The fourth-order valence-electron chi connectivity index (χ4n) is 2.29. The van der Waals surface area contributed by atoms with Gasteiger partial charge in [0, 0.05) is 12.4 Å². The molecule has 0 spiro atoms. The highest BCUT2D eigenvalue weighted by atomic mass is 32.2. The van der Waals surface area contributed by atoms with Crippen LogP contribution in [0.25, 0.3) is 5.65 Å². The molecule has 1 unspecified atom stereocenters. The van der Waals surface area contributed by atoms with Crippen molar-refractivity contribution >= 4 is 17.4 Å². The van der Waals surface area contributed by atoms with Gasteiger partial charge in [-0.2, -0.15) is 11.8 Å². The highest BCUT2D eigenvalue weighted by Crippen LogP contribution is 2.26. The van der Waals surface area contributed by atoms with Crippen LogP contribution in [-0.2, 0) is 6.42 Å². The number of imidazole rings is 1. The molecule has 1 atom stereocenters. The molecule has 0 aromatic carbocycles. The van der Waals surface area contributed by atoms with Crippen LogP contribution >= 0.6 is 11.8 Å². The van der Waals surface area contributed by atoms with Crippen LogP contribution in [0.5, 0.6) is 0 Å². The number of hydrogen-bond acceptors (Lipinski definition) is 2. The molecule has 3 heteroatoms. The van der Waals surface area contributed by atoms with Crippen LogP contribution in [0.3, 0.4) is 0 Å². The van der Waals surface area contributed by atoms with E-state index in [-0.39, 0.29) is 0 Å². The molecule has 0 N–H and O–H groups in total. The van der Waals surface area contributed by atoms with Crippen molar-refractivity contribution in [3.8, 4) is 0 Å². The van der Waals surface area contributed by atoms with Gasteiger partial charge in [0.15, 0.2) is 0 Å². The Morgan fingerprint density at radius 3 is 3.19 bits per heavy atom. The number of hydrogen-bond donors (Lipinski definition) is 0. The van der Waals surface area contributed by atoms with Crippen molar-refractivity contribution in [1.82, 2.24) is 9.38 Å². The number of pyridine rings is 1. The minimum atomic E-state index is 0.844. The summed E-state index contributed by atoms with van der Waals surface area (Å²) in [6.07, 6.45) is 6.84. The van der Waals surface area contributed by atoms with E-state index in [9.17, 15) is 0 Å². The number of aryl methyl sites for hydroxylation is 1. The van der Waals surface area contributed by atoms with Gasteiger partial charge in [-0.3, -0.25) is 0 Å². The predicted octanol–water partition coefficient (Wildman–Crippen LogP) is 2.94. The van der Waals surface area contributed by atoms with Gasteiger partial charge in [0.25, 0.3) is 0 Å². The van der Waals surface area contributed by atoms with Gasteiger partial charge in [-0.1, -0.05) is 6.07 Å². The van der Waals surface area contributed by atoms with Crippen LogP contribution in [0, 0.1) is 12.8 Å². The Morgan fingerprint density at radius 1 is 1.44 bits per heavy atom. The molecule has 0 saturated carbocycles. The average molecular weight is 232 g/mol. The standard InChI is InChI=1S/C13H16N2S/c1-10-2-3-13-14-12(8-15(13)7-10)6-11-4-5-16-9-11/h2-3,7-8,11H,4-6,9H2,1H3. The molecule has 1 saturated heterocycles. The maximum Gasteiger partial charge on any atom is 0.136 e. The molecule has 2 aromatic heterocycles. The quantitative estimate of drug-likeness (QED) is 0.792. The number of thioether (sulfide) groups is 1. The first-order valence-corrected chi connectivity index (χ1v) is 6.99. The minimum Gasteiger partial charge on any atom is -0.307 e. The lowest BCUT2D eigenvalue weighted by atomic mass is 10.0. The lowest BCUT2D eigenvalue weighted by Crippen LogP contribution is -2.02. The molecule has 0 amide bonds. The van der Waals surface area contributed by atoms with Gasteiger partial charge >= 0.3 is 0 Å². The Bertz CT molecular complexity index is 498. The second-order valence-corrected chi connectivity index (χ2v) is 5.79. The first-order chi connectivity index (χ1) is 7.81. The second-order valence-electron chi connectivity index (χ2n) is 4.64. The molecule has 0 radical (unpaired) electrons. The molecule has 3 rings (SSSR count). The zero-order chi connectivity index (χ0) is 11.0. The third-order valence-electron chi connectivity index (χ3n) is 3.17. The fraction of sp³-hybridized carbons (Fsp3) is 0.462. The van der Waals surface area contributed by atoms with Gasteiger partial charge < -0.3 is 4.40 Å². The van der Waals surface area contributed by atoms with E-state index in [0.29, 0.717) is 0 Å². The number of aromatic nitrogens is 2. The summed E-state index contributed by atoms with van der Waals surface area (Å²) in [6.45, 7) is 2.12. The molecule has 2 nitrogen and oxygen atoms in total. The second kappa shape index (κ2) is 4.13. The van der Waals surface area contributed by atoms with Crippen molar-refractivity contribution in [3.05, 3.63) is 35.8 Å². The number of rotatable bonds is 2. The van der Waals surface area contributed by atoms with Gasteiger partial charge in [0.1, 0.15) is 5.65 Å². The van der Waals surface area contributed by atoms with Crippen LogP contribution in [-0.4, -0.2) is 20.9 Å². The smallest absolute Gasteiger partial charge is 0.136 e. The normalized spacial score (nSPS) is 20.7. The molecule has 2 aromatic rings. The van der Waals surface area contributed by atoms with E-state index >= 15 is 0 Å². The maximum absolute atomic E-state index is 4.67. The molecule has 0 aliphatic carbocycles. The Morgan fingerprint density at radius 2 is 2.38 bits per heavy atom. The Labute approximate surface area is 100 Å². The molecular weight excluding hydrogens is 216 g/mol. The first kappa shape index (κ1) is 10.2. The highest BCUT2D eigenvalue weighted by Gasteiger charge is 2.17. The summed E-state index contributed by atoms with van der Waals surface area (Å²) in [7, 11) is 0. The van der Waals surface area contributed by atoms with Crippen molar-refractivity contribution in [1.29, 1.82) is 0 Å². The van der Waals surface area contributed by atoms with Gasteiger partial charge in [-0.15, -0.1) is 0 Å². The molecular formula is C13H16N2S. The predicted molar refractivity (Wildman–Crippen MR) is 69.1 cm³/mol. The lowest BCUT2D eigenvalue weighted by molar-refractivity contribution is 0.589. The van der Waals surface area contributed by atoms with Crippen molar-refractivity contribution in [3.63, 3.8) is 0 Å². The SMILES string of the molecule is Cc1ccc2nc(CC3CCSC3)cn2c1. The third kappa shape index (κ3) is 1.96. The molecule has 84 valence electrons. The number of fused-ring (bicyclic) bond motifs is 1. The van der Waals surface area contributed by atoms with Gasteiger partial charge in [0.2, 0.25) is 0 Å². The molecule has 1 aliphatic heterocycles. The molecule has 1 fully saturated rings. The monoisotopic (exact) mass is 232 g/mol. The lowest BCUT2D eigenvalue weighted by Gasteiger charge is -2.03. The summed E-state index contributed by atoms with van der Waals surface area (Å²) in [4.78, 5) is 4.67.